The van der Waals surface area contributed by atoms with Crippen molar-refractivity contribution in [2.75, 3.05) is 0 Å². The highest BCUT2D eigenvalue weighted by Crippen LogP contribution is 2.14. The predicted octanol–water partition coefficient (Wildman–Crippen LogP) is 3.71. The van der Waals surface area contributed by atoms with Crippen LogP contribution in [0.5, 0.6) is 5.75 Å². The van der Waals surface area contributed by atoms with Crippen LogP contribution in [0.3, 0.4) is 0 Å². The molecule has 0 saturated carbocycles. The molecule has 0 fully saturated rings. The summed E-state index contributed by atoms with van der Waals surface area (Å²) in [6.07, 6.45) is 0.215. The normalized spacial score (nSPS) is 9.95. The fourth-order valence-electron chi connectivity index (χ4n) is 1.72. The molecule has 0 saturated heterocycles. The van der Waals surface area contributed by atoms with Crippen LogP contribution in [0.1, 0.15) is 11.1 Å². The van der Waals surface area contributed by atoms with Crippen molar-refractivity contribution in [3.63, 3.8) is 0 Å². The van der Waals surface area contributed by atoms with Gasteiger partial charge in [0.1, 0.15) is 12.4 Å². The first-order chi connectivity index (χ1) is 10.1. The van der Waals surface area contributed by atoms with E-state index in [-0.39, 0.29) is 19.0 Å². The minimum Gasteiger partial charge on any atom is -0.449 e. The molecule has 2 aromatic carbocycles. The lowest BCUT2D eigenvalue weighted by Gasteiger charge is -2.06. The number of carbonyl (C=O) groups is 2. The van der Waals surface area contributed by atoms with E-state index in [1.807, 2.05) is 30.3 Å². The summed E-state index contributed by atoms with van der Waals surface area (Å²) in [4.78, 5) is 22.2. The summed E-state index contributed by atoms with van der Waals surface area (Å²) in [7, 11) is 0. The Morgan fingerprint density at radius 3 is 2.19 bits per heavy atom. The molecule has 4 nitrogen and oxygen atoms in total. The van der Waals surface area contributed by atoms with Crippen LogP contribution in [0.4, 0.5) is 4.79 Å². The monoisotopic (exact) mass is 304 g/mol. The summed E-state index contributed by atoms with van der Waals surface area (Å²) in [6, 6.07) is 16.0. The van der Waals surface area contributed by atoms with Crippen LogP contribution < -0.4 is 4.74 Å². The lowest BCUT2D eigenvalue weighted by molar-refractivity contribution is -0.133. The Morgan fingerprint density at radius 2 is 1.57 bits per heavy atom. The van der Waals surface area contributed by atoms with Crippen LogP contribution in [0.2, 0.25) is 0 Å². The molecule has 2 aromatic rings. The van der Waals surface area contributed by atoms with Crippen LogP contribution in [0.25, 0.3) is 0 Å². The molecule has 0 aliphatic rings. The first-order valence-electron chi connectivity index (χ1n) is 6.29. The van der Waals surface area contributed by atoms with E-state index in [1.54, 1.807) is 24.3 Å². The van der Waals surface area contributed by atoms with Gasteiger partial charge in [0, 0.05) is 11.6 Å². The van der Waals surface area contributed by atoms with Crippen LogP contribution in [0.15, 0.2) is 54.6 Å². The van der Waals surface area contributed by atoms with Crippen molar-refractivity contribution in [3.05, 3.63) is 65.7 Å². The van der Waals surface area contributed by atoms with Crippen LogP contribution >= 0.6 is 11.6 Å². The molecule has 0 aliphatic carbocycles. The minimum atomic E-state index is -0.853. The second-order valence-corrected chi connectivity index (χ2v) is 4.62. The zero-order chi connectivity index (χ0) is 15.1. The maximum Gasteiger partial charge on any atom is 0.404 e. The van der Waals surface area contributed by atoms with E-state index in [0.717, 1.165) is 11.1 Å². The van der Waals surface area contributed by atoms with Gasteiger partial charge >= 0.3 is 11.4 Å². The van der Waals surface area contributed by atoms with E-state index in [2.05, 4.69) is 4.74 Å². The summed E-state index contributed by atoms with van der Waals surface area (Å²) in [6.45, 7) is 0.0839. The molecule has 21 heavy (non-hydrogen) atoms. The van der Waals surface area contributed by atoms with E-state index in [1.165, 1.54) is 0 Å². The van der Waals surface area contributed by atoms with Crippen LogP contribution in [-0.2, 0) is 22.6 Å². The second kappa shape index (κ2) is 7.45. The minimum absolute atomic E-state index is 0.0839. The Balaban J connectivity index is 1.88. The van der Waals surface area contributed by atoms with E-state index < -0.39 is 5.43 Å². The summed E-state index contributed by atoms with van der Waals surface area (Å²) in [5, 5.41) is 0. The van der Waals surface area contributed by atoms with E-state index in [9.17, 15) is 9.59 Å². The number of esters is 1. The third-order valence-electron chi connectivity index (χ3n) is 2.70. The molecule has 0 heterocycles. The lowest BCUT2D eigenvalue weighted by Crippen LogP contribution is -2.11. The fraction of sp³-hybridized carbons (Fsp3) is 0.125. The molecule has 5 heteroatoms. The van der Waals surface area contributed by atoms with Crippen molar-refractivity contribution in [1.29, 1.82) is 0 Å². The van der Waals surface area contributed by atoms with E-state index >= 15 is 0 Å². The highest BCUT2D eigenvalue weighted by molar-refractivity contribution is 6.61. The summed E-state index contributed by atoms with van der Waals surface area (Å²) in [5.74, 6) is 0.109. The first kappa shape index (κ1) is 15.1. The van der Waals surface area contributed by atoms with Gasteiger partial charge in [-0.25, -0.2) is 4.79 Å². The molecule has 0 unspecified atom stereocenters. The zero-order valence-electron chi connectivity index (χ0n) is 11.1. The molecule has 0 bridgehead atoms. The molecule has 0 aliphatic heterocycles. The highest BCUT2D eigenvalue weighted by atomic mass is 35.5. The largest absolute Gasteiger partial charge is 0.449 e. The number of ether oxygens (including phenoxy) is 2. The van der Waals surface area contributed by atoms with Crippen molar-refractivity contribution >= 4 is 23.0 Å². The maximum atomic E-state index is 11.8. The van der Waals surface area contributed by atoms with Gasteiger partial charge in [0.25, 0.3) is 0 Å². The maximum absolute atomic E-state index is 11.8. The average Bonchev–Trinajstić information content (AvgIpc) is 2.47. The van der Waals surface area contributed by atoms with E-state index in [0.29, 0.717) is 5.75 Å². The molecule has 2 rings (SSSR count). The SMILES string of the molecule is O=C(Cl)OCc1ccc(OC(=O)Cc2ccccc2)cc1. The standard InChI is InChI=1S/C16H13ClO4/c17-16(19)20-11-13-6-8-14(9-7-13)21-15(18)10-12-4-2-1-3-5-12/h1-9H,10-11H2. The van der Waals surface area contributed by atoms with Gasteiger partial charge in [-0.1, -0.05) is 42.5 Å². The van der Waals surface area contributed by atoms with Gasteiger partial charge in [-0.3, -0.25) is 4.79 Å². The van der Waals surface area contributed by atoms with Crippen LogP contribution in [-0.4, -0.2) is 11.4 Å². The van der Waals surface area contributed by atoms with Crippen molar-refractivity contribution in [3.8, 4) is 5.75 Å². The predicted molar refractivity (Wildman–Crippen MR) is 78.3 cm³/mol. The number of rotatable bonds is 5. The van der Waals surface area contributed by atoms with Crippen molar-refractivity contribution in [2.24, 2.45) is 0 Å². The molecule has 0 N–H and O–H groups in total. The summed E-state index contributed by atoms with van der Waals surface area (Å²) < 4.78 is 9.87. The molecule has 0 aromatic heterocycles. The Hall–Kier alpha value is -2.33. The van der Waals surface area contributed by atoms with Gasteiger partial charge in [-0.15, -0.1) is 0 Å². The molecule has 0 radical (unpaired) electrons. The quantitative estimate of drug-likeness (QED) is 0.480. The topological polar surface area (TPSA) is 52.6 Å². The summed E-state index contributed by atoms with van der Waals surface area (Å²) >= 11 is 5.07. The number of hydrogen-bond acceptors (Lipinski definition) is 4. The highest BCUT2D eigenvalue weighted by Gasteiger charge is 2.06. The first-order valence-corrected chi connectivity index (χ1v) is 6.67. The van der Waals surface area contributed by atoms with Crippen LogP contribution in [0, 0.1) is 0 Å². The van der Waals surface area contributed by atoms with Gasteiger partial charge in [0.05, 0.1) is 6.42 Å². The number of benzene rings is 2. The Bertz CT molecular complexity index is 608. The third kappa shape index (κ3) is 5.28. The number of carbonyl (C=O) groups excluding carboxylic acids is 2. The molecular weight excluding hydrogens is 292 g/mol. The van der Waals surface area contributed by atoms with Crippen molar-refractivity contribution < 1.29 is 19.1 Å². The molecule has 0 amide bonds. The van der Waals surface area contributed by atoms with Gasteiger partial charge in [-0.05, 0) is 23.3 Å². The smallest absolute Gasteiger partial charge is 0.404 e. The number of hydrogen-bond donors (Lipinski definition) is 0. The van der Waals surface area contributed by atoms with Gasteiger partial charge in [0.15, 0.2) is 0 Å². The second-order valence-electron chi connectivity index (χ2n) is 4.31. The molecule has 0 atom stereocenters. The molecule has 0 spiro atoms. The van der Waals surface area contributed by atoms with Gasteiger partial charge < -0.3 is 9.47 Å². The van der Waals surface area contributed by atoms with Crippen molar-refractivity contribution in [2.45, 2.75) is 13.0 Å². The van der Waals surface area contributed by atoms with Crippen molar-refractivity contribution in [1.82, 2.24) is 0 Å². The fourth-order valence-corrected chi connectivity index (χ4v) is 1.78. The van der Waals surface area contributed by atoms with Gasteiger partial charge in [-0.2, -0.15) is 0 Å². The summed E-state index contributed by atoms with van der Waals surface area (Å²) in [5.41, 5.74) is 0.799. The van der Waals surface area contributed by atoms with E-state index in [4.69, 9.17) is 16.3 Å². The number of halogens is 1. The lowest BCUT2D eigenvalue weighted by atomic mass is 10.1. The Morgan fingerprint density at radius 1 is 0.905 bits per heavy atom. The Kier molecular flexibility index (Phi) is 5.35. The molecule has 108 valence electrons. The van der Waals surface area contributed by atoms with Gasteiger partial charge in [0.2, 0.25) is 0 Å². The molecular formula is C16H13ClO4. The zero-order valence-corrected chi connectivity index (χ0v) is 11.9. The third-order valence-corrected chi connectivity index (χ3v) is 2.81. The average molecular weight is 305 g/mol. The Labute approximate surface area is 127 Å².